The summed E-state index contributed by atoms with van der Waals surface area (Å²) in [6.07, 6.45) is -0.266. The van der Waals surface area contributed by atoms with E-state index in [2.05, 4.69) is 40.9 Å². The van der Waals surface area contributed by atoms with Crippen LogP contribution < -0.4 is 27.0 Å². The normalized spacial score (nSPS) is 19.8. The van der Waals surface area contributed by atoms with E-state index in [1.807, 2.05) is 55.5 Å². The van der Waals surface area contributed by atoms with E-state index in [1.165, 1.54) is 11.1 Å². The van der Waals surface area contributed by atoms with Gasteiger partial charge in [0.05, 0.1) is 0 Å². The van der Waals surface area contributed by atoms with Crippen molar-refractivity contribution in [1.82, 2.24) is 16.4 Å². The third kappa shape index (κ3) is 4.36. The van der Waals surface area contributed by atoms with Crippen molar-refractivity contribution in [3.63, 3.8) is 0 Å². The number of carbonyl (C=O) groups excluding carboxylic acids is 1. The van der Waals surface area contributed by atoms with E-state index in [9.17, 15) is 4.79 Å². The summed E-state index contributed by atoms with van der Waals surface area (Å²) >= 11 is 0. The second-order valence-corrected chi connectivity index (χ2v) is 6.65. The molecule has 2 aromatic carbocycles. The van der Waals surface area contributed by atoms with E-state index in [1.54, 1.807) is 0 Å². The van der Waals surface area contributed by atoms with Gasteiger partial charge in [-0.25, -0.2) is 10.9 Å². The Morgan fingerprint density at radius 2 is 1.60 bits per heavy atom. The number of rotatable bonds is 5. The maximum atomic E-state index is 12.6. The summed E-state index contributed by atoms with van der Waals surface area (Å²) in [5, 5.41) is 6.27. The molecule has 1 fully saturated rings. The Morgan fingerprint density at radius 3 is 2.24 bits per heavy atom. The molecule has 3 rings (SSSR count). The zero-order valence-electron chi connectivity index (χ0n) is 14.8. The number of aryl methyl sites for hydroxylation is 1. The predicted molar refractivity (Wildman–Crippen MR) is 101 cm³/mol. The molecule has 2 atom stereocenters. The van der Waals surface area contributed by atoms with Crippen molar-refractivity contribution in [1.29, 1.82) is 0 Å². The van der Waals surface area contributed by atoms with Crippen LogP contribution in [-0.2, 0) is 4.79 Å². The third-order valence-electron chi connectivity index (χ3n) is 4.29. The maximum Gasteiger partial charge on any atom is 0.246 e. The van der Waals surface area contributed by atoms with Gasteiger partial charge in [-0.1, -0.05) is 43.7 Å². The highest BCUT2D eigenvalue weighted by Gasteiger charge is 2.32. The third-order valence-corrected chi connectivity index (χ3v) is 4.29. The largest absolute Gasteiger partial charge is 0.367 e. The van der Waals surface area contributed by atoms with Gasteiger partial charge in [0, 0.05) is 11.4 Å². The van der Waals surface area contributed by atoms with Crippen LogP contribution in [0.5, 0.6) is 0 Å². The Bertz CT molecular complexity index is 712. The molecule has 0 saturated carbocycles. The van der Waals surface area contributed by atoms with Crippen LogP contribution in [0, 0.1) is 6.92 Å². The Balaban J connectivity index is 1.63. The summed E-state index contributed by atoms with van der Waals surface area (Å²) in [6.45, 7) is 6.34. The van der Waals surface area contributed by atoms with Crippen LogP contribution in [0.15, 0.2) is 48.5 Å². The molecule has 0 radical (unpaired) electrons. The molecular formula is C19H25N5O. The first-order valence-electron chi connectivity index (χ1n) is 8.53. The van der Waals surface area contributed by atoms with Crippen molar-refractivity contribution in [3.05, 3.63) is 59.7 Å². The van der Waals surface area contributed by atoms with Crippen molar-refractivity contribution in [2.75, 3.05) is 10.6 Å². The van der Waals surface area contributed by atoms with Crippen LogP contribution in [0.3, 0.4) is 0 Å². The first-order chi connectivity index (χ1) is 12.0. The van der Waals surface area contributed by atoms with Crippen molar-refractivity contribution in [2.24, 2.45) is 0 Å². The zero-order chi connectivity index (χ0) is 17.8. The van der Waals surface area contributed by atoms with Crippen molar-refractivity contribution < 1.29 is 4.79 Å². The smallest absolute Gasteiger partial charge is 0.246 e. The topological polar surface area (TPSA) is 77.2 Å². The lowest BCUT2D eigenvalue weighted by molar-refractivity contribution is -0.118. The molecule has 0 aromatic heterocycles. The molecule has 1 aliphatic heterocycles. The maximum absolute atomic E-state index is 12.6. The molecule has 2 unspecified atom stereocenters. The minimum absolute atomic E-state index is 0.112. The first kappa shape index (κ1) is 17.4. The molecule has 0 aliphatic carbocycles. The van der Waals surface area contributed by atoms with Crippen LogP contribution in [0.4, 0.5) is 11.4 Å². The van der Waals surface area contributed by atoms with Gasteiger partial charge in [-0.2, -0.15) is 5.53 Å². The number of anilines is 2. The monoisotopic (exact) mass is 339 g/mol. The van der Waals surface area contributed by atoms with Crippen LogP contribution >= 0.6 is 0 Å². The van der Waals surface area contributed by atoms with Gasteiger partial charge >= 0.3 is 0 Å². The van der Waals surface area contributed by atoms with E-state index in [0.717, 1.165) is 11.4 Å². The lowest BCUT2D eigenvalue weighted by atomic mass is 10.0. The molecule has 1 heterocycles. The number of benzene rings is 2. The lowest BCUT2D eigenvalue weighted by Gasteiger charge is -2.20. The van der Waals surface area contributed by atoms with Crippen LogP contribution in [0.1, 0.15) is 30.9 Å². The molecule has 0 bridgehead atoms. The van der Waals surface area contributed by atoms with Crippen LogP contribution in [-0.4, -0.2) is 18.1 Å². The highest BCUT2D eigenvalue weighted by atomic mass is 16.2. The molecule has 6 nitrogen and oxygen atoms in total. The van der Waals surface area contributed by atoms with Gasteiger partial charge < -0.3 is 10.6 Å². The second kappa shape index (κ2) is 7.65. The quantitative estimate of drug-likeness (QED) is 0.578. The van der Waals surface area contributed by atoms with Gasteiger partial charge in [0.25, 0.3) is 0 Å². The lowest BCUT2D eigenvalue weighted by Crippen LogP contribution is -2.47. The molecule has 6 heteroatoms. The molecule has 0 spiro atoms. The van der Waals surface area contributed by atoms with Gasteiger partial charge in [-0.05, 0) is 42.7 Å². The minimum atomic E-state index is -0.453. The van der Waals surface area contributed by atoms with Gasteiger partial charge in [0.15, 0.2) is 0 Å². The number of nitrogens with one attached hydrogen (secondary N) is 5. The standard InChI is InChI=1S/C19H25N5O/c1-12(2)14-6-10-16(11-7-14)21-19(25)17-18(23-24-22-17)20-15-8-4-13(3)5-9-15/h4-12,17-18,20,22-24H,1-3H3,(H,21,25). The highest BCUT2D eigenvalue weighted by molar-refractivity contribution is 5.95. The van der Waals surface area contributed by atoms with Crippen molar-refractivity contribution >= 4 is 17.3 Å². The summed E-state index contributed by atoms with van der Waals surface area (Å²) in [6, 6.07) is 15.6. The second-order valence-electron chi connectivity index (χ2n) is 6.65. The molecule has 1 aliphatic rings. The molecule has 25 heavy (non-hydrogen) atoms. The summed E-state index contributed by atoms with van der Waals surface area (Å²) < 4.78 is 0. The molecule has 1 amide bonds. The summed E-state index contributed by atoms with van der Waals surface area (Å²) in [5.74, 6) is 0.358. The minimum Gasteiger partial charge on any atom is -0.367 e. The number of hydrogen-bond donors (Lipinski definition) is 5. The molecular weight excluding hydrogens is 314 g/mol. The fourth-order valence-corrected chi connectivity index (χ4v) is 2.70. The Kier molecular flexibility index (Phi) is 5.33. The van der Waals surface area contributed by atoms with E-state index >= 15 is 0 Å². The molecule has 2 aromatic rings. The Labute approximate surface area is 148 Å². The SMILES string of the molecule is Cc1ccc(NC2NNNC2C(=O)Nc2ccc(C(C)C)cc2)cc1. The molecule has 1 saturated heterocycles. The molecule has 132 valence electrons. The molecule has 5 N–H and O–H groups in total. The summed E-state index contributed by atoms with van der Waals surface area (Å²) in [4.78, 5) is 12.6. The Hall–Kier alpha value is -2.41. The number of carbonyl (C=O) groups is 1. The van der Waals surface area contributed by atoms with Gasteiger partial charge in [-0.15, -0.1) is 0 Å². The predicted octanol–water partition coefficient (Wildman–Crippen LogP) is 2.48. The highest BCUT2D eigenvalue weighted by Crippen LogP contribution is 2.18. The van der Waals surface area contributed by atoms with Crippen LogP contribution in [0.25, 0.3) is 0 Å². The average molecular weight is 339 g/mol. The van der Waals surface area contributed by atoms with Gasteiger partial charge in [-0.3, -0.25) is 4.79 Å². The summed E-state index contributed by atoms with van der Waals surface area (Å²) in [7, 11) is 0. The Morgan fingerprint density at radius 1 is 0.960 bits per heavy atom. The first-order valence-corrected chi connectivity index (χ1v) is 8.53. The average Bonchev–Trinajstić information content (AvgIpc) is 3.05. The number of hydrazine groups is 2. The van der Waals surface area contributed by atoms with Gasteiger partial charge in [0.2, 0.25) is 5.91 Å². The zero-order valence-corrected chi connectivity index (χ0v) is 14.8. The number of hydrogen-bond acceptors (Lipinski definition) is 5. The van der Waals surface area contributed by atoms with Crippen molar-refractivity contribution in [2.45, 2.75) is 38.9 Å². The fraction of sp³-hybridized carbons (Fsp3) is 0.316. The summed E-state index contributed by atoms with van der Waals surface area (Å²) in [5.41, 5.74) is 13.0. The van der Waals surface area contributed by atoms with E-state index in [4.69, 9.17) is 0 Å². The van der Waals surface area contributed by atoms with Crippen LogP contribution in [0.2, 0.25) is 0 Å². The van der Waals surface area contributed by atoms with E-state index in [-0.39, 0.29) is 12.1 Å². The van der Waals surface area contributed by atoms with Crippen molar-refractivity contribution in [3.8, 4) is 0 Å². The van der Waals surface area contributed by atoms with E-state index in [0.29, 0.717) is 5.92 Å². The number of amides is 1. The van der Waals surface area contributed by atoms with Gasteiger partial charge in [0.1, 0.15) is 12.2 Å². The van der Waals surface area contributed by atoms with E-state index < -0.39 is 6.04 Å². The fourth-order valence-electron chi connectivity index (χ4n) is 2.70.